The SMILES string of the molecule is CCCCCCCCC(O)C(O)C(O)CC/C=C/C=C/C=C/C(=O)O. The van der Waals surface area contributed by atoms with Crippen LogP contribution in [-0.2, 0) is 4.79 Å². The van der Waals surface area contributed by atoms with E-state index in [1.807, 2.05) is 6.08 Å². The molecule has 144 valence electrons. The van der Waals surface area contributed by atoms with Crippen molar-refractivity contribution >= 4 is 5.97 Å². The maximum absolute atomic E-state index is 10.2. The van der Waals surface area contributed by atoms with Crippen molar-refractivity contribution < 1.29 is 25.2 Å². The van der Waals surface area contributed by atoms with Crippen LogP contribution in [0, 0.1) is 0 Å². The van der Waals surface area contributed by atoms with Gasteiger partial charge in [-0.05, 0) is 19.3 Å². The smallest absolute Gasteiger partial charge is 0.328 e. The maximum atomic E-state index is 10.2. The first-order valence-electron chi connectivity index (χ1n) is 9.26. The molecular weight excluding hydrogens is 320 g/mol. The molecule has 25 heavy (non-hydrogen) atoms. The van der Waals surface area contributed by atoms with Crippen molar-refractivity contribution in [1.82, 2.24) is 0 Å². The van der Waals surface area contributed by atoms with Gasteiger partial charge in [0, 0.05) is 6.08 Å². The molecule has 0 saturated heterocycles. The number of aliphatic hydroxyl groups excluding tert-OH is 3. The van der Waals surface area contributed by atoms with Gasteiger partial charge < -0.3 is 20.4 Å². The second-order valence-electron chi connectivity index (χ2n) is 6.27. The summed E-state index contributed by atoms with van der Waals surface area (Å²) in [7, 11) is 0. The monoisotopic (exact) mass is 354 g/mol. The number of aliphatic hydroxyl groups is 3. The van der Waals surface area contributed by atoms with Crippen molar-refractivity contribution in [3.8, 4) is 0 Å². The molecule has 0 amide bonds. The number of hydrogen-bond donors (Lipinski definition) is 4. The third-order valence-electron chi connectivity index (χ3n) is 3.98. The molecule has 0 aromatic heterocycles. The van der Waals surface area contributed by atoms with Crippen molar-refractivity contribution in [3.05, 3.63) is 36.5 Å². The Kier molecular flexibility index (Phi) is 15.1. The summed E-state index contributed by atoms with van der Waals surface area (Å²) in [5.41, 5.74) is 0. The molecule has 0 aliphatic carbocycles. The predicted molar refractivity (Wildman–Crippen MR) is 100 cm³/mol. The molecule has 0 spiro atoms. The first kappa shape index (κ1) is 23.6. The van der Waals surface area contributed by atoms with Gasteiger partial charge in [-0.15, -0.1) is 0 Å². The van der Waals surface area contributed by atoms with Gasteiger partial charge in [0.15, 0.2) is 0 Å². The van der Waals surface area contributed by atoms with E-state index in [2.05, 4.69) is 6.92 Å². The van der Waals surface area contributed by atoms with E-state index in [1.165, 1.54) is 25.3 Å². The third-order valence-corrected chi connectivity index (χ3v) is 3.98. The molecule has 0 radical (unpaired) electrons. The number of carboxylic acid groups (broad SMARTS) is 1. The lowest BCUT2D eigenvalue weighted by atomic mass is 9.98. The molecule has 0 rings (SSSR count). The van der Waals surface area contributed by atoms with E-state index in [0.717, 1.165) is 25.3 Å². The summed E-state index contributed by atoms with van der Waals surface area (Å²) >= 11 is 0. The van der Waals surface area contributed by atoms with Crippen LogP contribution in [0.15, 0.2) is 36.5 Å². The predicted octanol–water partition coefficient (Wildman–Crippen LogP) is 3.35. The van der Waals surface area contributed by atoms with Crippen LogP contribution in [-0.4, -0.2) is 44.7 Å². The largest absolute Gasteiger partial charge is 0.478 e. The summed E-state index contributed by atoms with van der Waals surface area (Å²) in [6.07, 6.45) is 14.5. The number of rotatable bonds is 15. The highest BCUT2D eigenvalue weighted by Gasteiger charge is 2.23. The van der Waals surface area contributed by atoms with Crippen LogP contribution in [0.4, 0.5) is 0 Å². The number of carbonyl (C=O) groups is 1. The minimum absolute atomic E-state index is 0.365. The van der Waals surface area contributed by atoms with Crippen molar-refractivity contribution in [2.45, 2.75) is 83.0 Å². The average molecular weight is 354 g/mol. The van der Waals surface area contributed by atoms with Gasteiger partial charge in [-0.1, -0.05) is 75.8 Å². The Labute approximate surface area is 151 Å². The molecule has 0 saturated carbocycles. The number of aliphatic carboxylic acids is 1. The minimum Gasteiger partial charge on any atom is -0.478 e. The molecule has 0 aliphatic heterocycles. The van der Waals surface area contributed by atoms with E-state index in [9.17, 15) is 20.1 Å². The van der Waals surface area contributed by atoms with E-state index in [-0.39, 0.29) is 0 Å². The van der Waals surface area contributed by atoms with Gasteiger partial charge in [0.25, 0.3) is 0 Å². The van der Waals surface area contributed by atoms with E-state index < -0.39 is 24.3 Å². The molecule has 5 nitrogen and oxygen atoms in total. The molecule has 5 heteroatoms. The average Bonchev–Trinajstić information content (AvgIpc) is 2.58. The van der Waals surface area contributed by atoms with Crippen LogP contribution in [0.25, 0.3) is 0 Å². The fraction of sp³-hybridized carbons (Fsp3) is 0.650. The Balaban J connectivity index is 3.85. The van der Waals surface area contributed by atoms with Crippen LogP contribution in [0.5, 0.6) is 0 Å². The molecule has 3 atom stereocenters. The quantitative estimate of drug-likeness (QED) is 0.205. The molecular formula is C20H34O5. The zero-order chi connectivity index (χ0) is 18.9. The van der Waals surface area contributed by atoms with E-state index >= 15 is 0 Å². The Bertz CT molecular complexity index is 414. The van der Waals surface area contributed by atoms with Crippen LogP contribution in [0.1, 0.15) is 64.7 Å². The standard InChI is InChI=1S/C20H34O5/c1-2-3-4-5-8-11-14-17(21)20(25)18(22)15-12-9-6-7-10-13-16-19(23)24/h6-7,9-10,13,16-18,20-22,25H,2-5,8,11-12,14-15H2,1H3,(H,23,24)/b9-6+,10-7+,16-13+. The summed E-state index contributed by atoms with van der Waals surface area (Å²) in [6, 6.07) is 0. The van der Waals surface area contributed by atoms with Crippen molar-refractivity contribution in [3.63, 3.8) is 0 Å². The fourth-order valence-corrected chi connectivity index (χ4v) is 2.44. The minimum atomic E-state index is -1.11. The summed E-state index contributed by atoms with van der Waals surface area (Å²) in [5, 5.41) is 38.2. The molecule has 0 heterocycles. The Morgan fingerprint density at radius 1 is 0.840 bits per heavy atom. The zero-order valence-corrected chi connectivity index (χ0v) is 15.3. The Hall–Kier alpha value is -1.43. The normalized spacial score (nSPS) is 16.0. The lowest BCUT2D eigenvalue weighted by molar-refractivity contribution is -0.131. The Morgan fingerprint density at radius 3 is 2.12 bits per heavy atom. The summed E-state index contributed by atoms with van der Waals surface area (Å²) in [4.78, 5) is 10.2. The molecule has 0 aliphatic rings. The third kappa shape index (κ3) is 14.6. The number of unbranched alkanes of at least 4 members (excludes halogenated alkanes) is 5. The number of allylic oxidation sites excluding steroid dienone is 5. The van der Waals surface area contributed by atoms with E-state index in [4.69, 9.17) is 5.11 Å². The first-order valence-corrected chi connectivity index (χ1v) is 9.26. The first-order chi connectivity index (χ1) is 12.0. The lowest BCUT2D eigenvalue weighted by Gasteiger charge is -2.22. The van der Waals surface area contributed by atoms with E-state index in [1.54, 1.807) is 18.2 Å². The van der Waals surface area contributed by atoms with Crippen molar-refractivity contribution in [2.24, 2.45) is 0 Å². The summed E-state index contributed by atoms with van der Waals surface area (Å²) in [5.74, 6) is -0.995. The molecule has 4 N–H and O–H groups in total. The molecule has 3 unspecified atom stereocenters. The van der Waals surface area contributed by atoms with Crippen LogP contribution in [0.3, 0.4) is 0 Å². The summed E-state index contributed by atoms with van der Waals surface area (Å²) in [6.45, 7) is 2.17. The van der Waals surface area contributed by atoms with Crippen LogP contribution in [0.2, 0.25) is 0 Å². The zero-order valence-electron chi connectivity index (χ0n) is 15.3. The molecule has 0 aromatic rings. The highest BCUT2D eigenvalue weighted by atomic mass is 16.4. The second-order valence-corrected chi connectivity index (χ2v) is 6.27. The van der Waals surface area contributed by atoms with Gasteiger partial charge in [-0.3, -0.25) is 0 Å². The van der Waals surface area contributed by atoms with Gasteiger partial charge in [-0.2, -0.15) is 0 Å². The van der Waals surface area contributed by atoms with Crippen LogP contribution >= 0.6 is 0 Å². The van der Waals surface area contributed by atoms with Gasteiger partial charge >= 0.3 is 5.97 Å². The molecule has 0 bridgehead atoms. The number of carboxylic acids is 1. The molecule has 0 aromatic carbocycles. The van der Waals surface area contributed by atoms with Crippen LogP contribution < -0.4 is 0 Å². The van der Waals surface area contributed by atoms with Gasteiger partial charge in [0.2, 0.25) is 0 Å². The second kappa shape index (κ2) is 16.1. The topological polar surface area (TPSA) is 98.0 Å². The number of hydrogen-bond acceptors (Lipinski definition) is 4. The van der Waals surface area contributed by atoms with Gasteiger partial charge in [-0.25, -0.2) is 4.79 Å². The summed E-state index contributed by atoms with van der Waals surface area (Å²) < 4.78 is 0. The Morgan fingerprint density at radius 2 is 1.44 bits per heavy atom. The van der Waals surface area contributed by atoms with E-state index in [0.29, 0.717) is 19.3 Å². The van der Waals surface area contributed by atoms with Gasteiger partial charge in [0.1, 0.15) is 6.10 Å². The molecule has 0 fully saturated rings. The van der Waals surface area contributed by atoms with Gasteiger partial charge in [0.05, 0.1) is 12.2 Å². The lowest BCUT2D eigenvalue weighted by Crippen LogP contribution is -2.37. The van der Waals surface area contributed by atoms with Crippen molar-refractivity contribution in [1.29, 1.82) is 0 Å². The van der Waals surface area contributed by atoms with Crippen molar-refractivity contribution in [2.75, 3.05) is 0 Å². The maximum Gasteiger partial charge on any atom is 0.328 e. The fourth-order valence-electron chi connectivity index (χ4n) is 2.44. The highest BCUT2D eigenvalue weighted by molar-refractivity contribution is 5.80. The highest BCUT2D eigenvalue weighted by Crippen LogP contribution is 2.14.